The van der Waals surface area contributed by atoms with E-state index < -0.39 is 6.36 Å². The molecule has 1 aromatic heterocycles. The van der Waals surface area contributed by atoms with Crippen molar-refractivity contribution in [3.8, 4) is 5.75 Å². The zero-order chi connectivity index (χ0) is 18.0. The highest BCUT2D eigenvalue weighted by atomic mass is 19.4. The van der Waals surface area contributed by atoms with E-state index in [2.05, 4.69) is 15.0 Å². The standard InChI is InChI=1S/C17H14F3N3O2/c1-11-21-14-4-2-3-5-15(14)23(11)10-16(24)22-12-6-8-13(9-7-12)25-17(18,19)20/h2-9H,10H2,1H3,(H,22,24). The van der Waals surface area contributed by atoms with Gasteiger partial charge in [-0.1, -0.05) is 12.1 Å². The zero-order valence-electron chi connectivity index (χ0n) is 13.2. The normalized spacial score (nSPS) is 11.5. The smallest absolute Gasteiger partial charge is 0.406 e. The van der Waals surface area contributed by atoms with Crippen LogP contribution in [0.15, 0.2) is 48.5 Å². The van der Waals surface area contributed by atoms with Crippen molar-refractivity contribution in [3.05, 3.63) is 54.4 Å². The topological polar surface area (TPSA) is 56.2 Å². The molecule has 0 unspecified atom stereocenters. The maximum absolute atomic E-state index is 12.2. The summed E-state index contributed by atoms with van der Waals surface area (Å²) in [5, 5.41) is 2.64. The lowest BCUT2D eigenvalue weighted by atomic mass is 10.3. The molecule has 0 aliphatic carbocycles. The summed E-state index contributed by atoms with van der Waals surface area (Å²) in [7, 11) is 0. The molecule has 3 rings (SSSR count). The van der Waals surface area contributed by atoms with Gasteiger partial charge in [-0.05, 0) is 43.3 Å². The van der Waals surface area contributed by atoms with Gasteiger partial charge in [0.1, 0.15) is 18.1 Å². The van der Waals surface area contributed by atoms with Crippen LogP contribution in [0, 0.1) is 6.92 Å². The van der Waals surface area contributed by atoms with E-state index in [1.54, 1.807) is 11.5 Å². The molecule has 0 aliphatic rings. The number of nitrogens with one attached hydrogen (secondary N) is 1. The van der Waals surface area contributed by atoms with Gasteiger partial charge in [0.05, 0.1) is 11.0 Å². The molecule has 0 radical (unpaired) electrons. The molecule has 1 amide bonds. The second-order valence-electron chi connectivity index (χ2n) is 5.35. The van der Waals surface area contributed by atoms with E-state index in [1.807, 2.05) is 24.3 Å². The second kappa shape index (κ2) is 6.46. The first-order chi connectivity index (χ1) is 11.8. The van der Waals surface area contributed by atoms with Crippen molar-refractivity contribution in [2.45, 2.75) is 19.8 Å². The largest absolute Gasteiger partial charge is 0.573 e. The summed E-state index contributed by atoms with van der Waals surface area (Å²) in [5.74, 6) is 0.0444. The van der Waals surface area contributed by atoms with E-state index in [0.29, 0.717) is 11.5 Å². The molecule has 3 aromatic rings. The minimum atomic E-state index is -4.75. The van der Waals surface area contributed by atoms with Crippen LogP contribution in [-0.2, 0) is 11.3 Å². The third kappa shape index (κ3) is 4.09. The maximum Gasteiger partial charge on any atom is 0.573 e. The number of hydrogen-bond donors (Lipinski definition) is 1. The van der Waals surface area contributed by atoms with Gasteiger partial charge in [0.15, 0.2) is 0 Å². The van der Waals surface area contributed by atoms with Gasteiger partial charge in [0, 0.05) is 5.69 Å². The molecule has 130 valence electrons. The number of alkyl halides is 3. The van der Waals surface area contributed by atoms with Crippen LogP contribution in [0.25, 0.3) is 11.0 Å². The Bertz CT molecular complexity index is 902. The first kappa shape index (κ1) is 16.8. The molecule has 0 aliphatic heterocycles. The van der Waals surface area contributed by atoms with Gasteiger partial charge in [-0.3, -0.25) is 4.79 Å². The predicted octanol–water partition coefficient (Wildman–Crippen LogP) is 3.88. The highest BCUT2D eigenvalue weighted by Gasteiger charge is 2.30. The lowest BCUT2D eigenvalue weighted by molar-refractivity contribution is -0.274. The summed E-state index contributed by atoms with van der Waals surface area (Å²) < 4.78 is 41.9. The van der Waals surface area contributed by atoms with Crippen molar-refractivity contribution in [3.63, 3.8) is 0 Å². The fourth-order valence-corrected chi connectivity index (χ4v) is 2.48. The Balaban J connectivity index is 1.69. The van der Waals surface area contributed by atoms with E-state index in [1.165, 1.54) is 12.1 Å². The van der Waals surface area contributed by atoms with Crippen molar-refractivity contribution in [2.75, 3.05) is 5.32 Å². The van der Waals surface area contributed by atoms with Crippen LogP contribution < -0.4 is 10.1 Å². The molecule has 1 N–H and O–H groups in total. The minimum Gasteiger partial charge on any atom is -0.406 e. The van der Waals surface area contributed by atoms with Gasteiger partial charge in [-0.15, -0.1) is 13.2 Å². The quantitative estimate of drug-likeness (QED) is 0.778. The summed E-state index contributed by atoms with van der Waals surface area (Å²) in [4.78, 5) is 16.6. The fourth-order valence-electron chi connectivity index (χ4n) is 2.48. The van der Waals surface area contributed by atoms with Gasteiger partial charge >= 0.3 is 6.36 Å². The van der Waals surface area contributed by atoms with Crippen LogP contribution >= 0.6 is 0 Å². The number of amides is 1. The molecular weight excluding hydrogens is 335 g/mol. The summed E-state index contributed by atoms with van der Waals surface area (Å²) >= 11 is 0. The van der Waals surface area contributed by atoms with Gasteiger partial charge in [-0.2, -0.15) is 0 Å². The Labute approximate surface area is 141 Å². The monoisotopic (exact) mass is 349 g/mol. The van der Waals surface area contributed by atoms with Crippen molar-refractivity contribution < 1.29 is 22.7 Å². The van der Waals surface area contributed by atoms with E-state index in [4.69, 9.17) is 0 Å². The summed E-state index contributed by atoms with van der Waals surface area (Å²) in [5.41, 5.74) is 2.01. The molecule has 0 bridgehead atoms. The Hall–Kier alpha value is -3.03. The number of ether oxygens (including phenoxy) is 1. The number of hydrogen-bond acceptors (Lipinski definition) is 3. The Morgan fingerprint density at radius 3 is 2.52 bits per heavy atom. The number of halogens is 3. The number of aryl methyl sites for hydroxylation is 1. The number of aromatic nitrogens is 2. The number of anilines is 1. The van der Waals surface area contributed by atoms with Crippen molar-refractivity contribution >= 4 is 22.6 Å². The van der Waals surface area contributed by atoms with Gasteiger partial charge < -0.3 is 14.6 Å². The molecule has 0 atom stereocenters. The number of imidazole rings is 1. The number of carbonyl (C=O) groups excluding carboxylic acids is 1. The number of para-hydroxylation sites is 2. The molecule has 25 heavy (non-hydrogen) atoms. The van der Waals surface area contributed by atoms with E-state index >= 15 is 0 Å². The van der Waals surface area contributed by atoms with E-state index in [-0.39, 0.29) is 18.2 Å². The Morgan fingerprint density at radius 1 is 1.16 bits per heavy atom. The molecule has 0 saturated carbocycles. The number of rotatable bonds is 4. The zero-order valence-corrected chi connectivity index (χ0v) is 13.2. The second-order valence-corrected chi connectivity index (χ2v) is 5.35. The van der Waals surface area contributed by atoms with Gasteiger partial charge in [0.25, 0.3) is 0 Å². The average Bonchev–Trinajstić information content (AvgIpc) is 2.84. The minimum absolute atomic E-state index is 0.0488. The summed E-state index contributed by atoms with van der Waals surface area (Å²) in [6.07, 6.45) is -4.75. The highest BCUT2D eigenvalue weighted by Crippen LogP contribution is 2.24. The molecule has 5 nitrogen and oxygen atoms in total. The van der Waals surface area contributed by atoms with Crippen LogP contribution in [0.1, 0.15) is 5.82 Å². The van der Waals surface area contributed by atoms with Crippen LogP contribution in [-0.4, -0.2) is 21.8 Å². The molecule has 0 fully saturated rings. The summed E-state index contributed by atoms with van der Waals surface area (Å²) in [6.45, 7) is 1.85. The highest BCUT2D eigenvalue weighted by molar-refractivity contribution is 5.91. The number of carbonyl (C=O) groups is 1. The first-order valence-corrected chi connectivity index (χ1v) is 7.39. The predicted molar refractivity (Wildman–Crippen MR) is 86.2 cm³/mol. The summed E-state index contributed by atoms with van der Waals surface area (Å²) in [6, 6.07) is 12.4. The van der Waals surface area contributed by atoms with Crippen molar-refractivity contribution in [1.82, 2.24) is 9.55 Å². The fraction of sp³-hybridized carbons (Fsp3) is 0.176. The van der Waals surface area contributed by atoms with E-state index in [9.17, 15) is 18.0 Å². The third-order valence-electron chi connectivity index (χ3n) is 3.52. The van der Waals surface area contributed by atoms with Crippen LogP contribution in [0.4, 0.5) is 18.9 Å². The van der Waals surface area contributed by atoms with E-state index in [0.717, 1.165) is 23.2 Å². The Morgan fingerprint density at radius 2 is 1.84 bits per heavy atom. The van der Waals surface area contributed by atoms with Crippen molar-refractivity contribution in [1.29, 1.82) is 0 Å². The molecule has 2 aromatic carbocycles. The van der Waals surface area contributed by atoms with Crippen LogP contribution in [0.5, 0.6) is 5.75 Å². The van der Waals surface area contributed by atoms with Crippen molar-refractivity contribution in [2.24, 2.45) is 0 Å². The third-order valence-corrected chi connectivity index (χ3v) is 3.52. The first-order valence-electron chi connectivity index (χ1n) is 7.39. The number of benzene rings is 2. The Kier molecular flexibility index (Phi) is 4.35. The molecule has 0 saturated heterocycles. The molecule has 1 heterocycles. The van der Waals surface area contributed by atoms with Gasteiger partial charge in [-0.25, -0.2) is 4.98 Å². The number of fused-ring (bicyclic) bond motifs is 1. The van der Waals surface area contributed by atoms with Crippen LogP contribution in [0.3, 0.4) is 0 Å². The average molecular weight is 349 g/mol. The molecule has 8 heteroatoms. The number of nitrogens with zero attached hydrogens (tertiary/aromatic N) is 2. The van der Waals surface area contributed by atoms with Crippen LogP contribution in [0.2, 0.25) is 0 Å². The van der Waals surface area contributed by atoms with Gasteiger partial charge in [0.2, 0.25) is 5.91 Å². The molecule has 0 spiro atoms. The SMILES string of the molecule is Cc1nc2ccccc2n1CC(=O)Nc1ccc(OC(F)(F)F)cc1. The molecular formula is C17H14F3N3O2. The lowest BCUT2D eigenvalue weighted by Crippen LogP contribution is -2.19. The lowest BCUT2D eigenvalue weighted by Gasteiger charge is -2.11. The maximum atomic E-state index is 12.2.